The van der Waals surface area contributed by atoms with E-state index in [4.69, 9.17) is 21.1 Å². The molecule has 0 fully saturated rings. The van der Waals surface area contributed by atoms with Crippen molar-refractivity contribution in [2.24, 2.45) is 0 Å². The summed E-state index contributed by atoms with van der Waals surface area (Å²) in [6.07, 6.45) is 2.29. The average molecular weight is 533 g/mol. The van der Waals surface area contributed by atoms with Gasteiger partial charge in [-0.3, -0.25) is 10.1 Å². The second-order valence-electron chi connectivity index (χ2n) is 7.41. The molecule has 2 aromatic carbocycles. The van der Waals surface area contributed by atoms with Gasteiger partial charge in [0.15, 0.2) is 0 Å². The summed E-state index contributed by atoms with van der Waals surface area (Å²) in [7, 11) is -3.60. The molecule has 0 spiro atoms. The van der Waals surface area contributed by atoms with E-state index in [0.29, 0.717) is 34.5 Å². The Balaban J connectivity index is 1.60. The molecule has 1 amide bonds. The first-order valence-electron chi connectivity index (χ1n) is 10.2. The number of nitrogens with one attached hydrogen (secondary N) is 1. The molecular formula is C23H21ClN4O5S2. The standard InChI is InChI=1S/C23H21ClN4O5S2/c1-14-4-6-18(10-15(14)2)32-8-9-33-20-7-5-16(12-19(20)24)11-17(13-25)21(29)26-22-27-23(28-34-22)35(3,30)31/h4-7,10-12H,8-9H2,1-3H3,(H,26,27,28,29)/b17-11-. The second kappa shape index (κ2) is 11.3. The van der Waals surface area contributed by atoms with Crippen molar-refractivity contribution in [2.45, 2.75) is 19.0 Å². The minimum Gasteiger partial charge on any atom is -0.490 e. The lowest BCUT2D eigenvalue weighted by Crippen LogP contribution is -2.13. The zero-order valence-corrected chi connectivity index (χ0v) is 21.4. The monoisotopic (exact) mass is 532 g/mol. The Bertz CT molecular complexity index is 1430. The van der Waals surface area contributed by atoms with E-state index in [-0.39, 0.29) is 17.3 Å². The Morgan fingerprint density at radius 1 is 1.17 bits per heavy atom. The fourth-order valence-corrected chi connectivity index (χ4v) is 4.41. The van der Waals surface area contributed by atoms with Crippen LogP contribution in [0, 0.1) is 25.2 Å². The van der Waals surface area contributed by atoms with Gasteiger partial charge in [-0.05, 0) is 60.9 Å². The molecule has 0 bridgehead atoms. The molecule has 1 heterocycles. The molecule has 0 atom stereocenters. The number of halogens is 1. The summed E-state index contributed by atoms with van der Waals surface area (Å²) in [5.74, 6) is 0.424. The Labute approximate surface area is 212 Å². The minimum atomic E-state index is -3.60. The SMILES string of the molecule is Cc1ccc(OCCOc2ccc(/C=C(/C#N)C(=O)Nc3nc(S(C)(=O)=O)ns3)cc2Cl)cc1C. The summed E-state index contributed by atoms with van der Waals surface area (Å²) >= 11 is 6.99. The largest absolute Gasteiger partial charge is 0.490 e. The summed E-state index contributed by atoms with van der Waals surface area (Å²) in [6.45, 7) is 4.64. The van der Waals surface area contributed by atoms with Crippen molar-refractivity contribution in [3.63, 3.8) is 0 Å². The average Bonchev–Trinajstić information content (AvgIpc) is 3.27. The molecule has 3 aromatic rings. The van der Waals surface area contributed by atoms with Gasteiger partial charge in [-0.15, -0.1) is 0 Å². The predicted octanol–water partition coefficient (Wildman–Crippen LogP) is 4.22. The van der Waals surface area contributed by atoms with Crippen molar-refractivity contribution >= 4 is 50.1 Å². The number of sulfone groups is 1. The minimum absolute atomic E-state index is 0.0404. The van der Waals surface area contributed by atoms with E-state index in [1.807, 2.05) is 32.0 Å². The smallest absolute Gasteiger partial charge is 0.268 e. The number of ether oxygens (including phenoxy) is 2. The number of hydrogen-bond acceptors (Lipinski definition) is 9. The molecule has 0 radical (unpaired) electrons. The number of anilines is 1. The lowest BCUT2D eigenvalue weighted by atomic mass is 10.1. The number of nitriles is 1. The van der Waals surface area contributed by atoms with Gasteiger partial charge in [0.1, 0.15) is 36.4 Å². The van der Waals surface area contributed by atoms with Gasteiger partial charge in [-0.1, -0.05) is 23.7 Å². The number of benzene rings is 2. The lowest BCUT2D eigenvalue weighted by Gasteiger charge is -2.11. The zero-order valence-electron chi connectivity index (χ0n) is 19.0. The molecule has 0 aliphatic rings. The quantitative estimate of drug-likeness (QED) is 0.246. The highest BCUT2D eigenvalue weighted by Gasteiger charge is 2.17. The van der Waals surface area contributed by atoms with Crippen LogP contribution < -0.4 is 14.8 Å². The van der Waals surface area contributed by atoms with Crippen LogP contribution >= 0.6 is 23.1 Å². The number of amides is 1. The molecule has 3 rings (SSSR count). The molecule has 9 nitrogen and oxygen atoms in total. The summed E-state index contributed by atoms with van der Waals surface area (Å²) in [5, 5.41) is 11.6. The maximum absolute atomic E-state index is 12.4. The van der Waals surface area contributed by atoms with Crippen LogP contribution in [0.15, 0.2) is 47.1 Å². The fourth-order valence-electron chi connectivity index (χ4n) is 2.73. The van der Waals surface area contributed by atoms with Crippen LogP contribution in [0.5, 0.6) is 11.5 Å². The molecule has 0 aliphatic heterocycles. The van der Waals surface area contributed by atoms with Crippen molar-refractivity contribution in [3.05, 3.63) is 63.7 Å². The molecule has 12 heteroatoms. The van der Waals surface area contributed by atoms with Gasteiger partial charge in [-0.2, -0.15) is 14.6 Å². The fraction of sp³-hybridized carbons (Fsp3) is 0.217. The van der Waals surface area contributed by atoms with E-state index < -0.39 is 20.9 Å². The van der Waals surface area contributed by atoms with Crippen molar-refractivity contribution in [1.82, 2.24) is 9.36 Å². The lowest BCUT2D eigenvalue weighted by molar-refractivity contribution is -0.112. The van der Waals surface area contributed by atoms with Crippen LogP contribution in [0.3, 0.4) is 0 Å². The second-order valence-corrected chi connectivity index (χ2v) is 10.5. The van der Waals surface area contributed by atoms with Gasteiger partial charge in [0.25, 0.3) is 11.1 Å². The van der Waals surface area contributed by atoms with Crippen LogP contribution in [0.4, 0.5) is 5.13 Å². The summed E-state index contributed by atoms with van der Waals surface area (Å²) in [4.78, 5) is 16.1. The number of aromatic nitrogens is 2. The Kier molecular flexibility index (Phi) is 8.45. The van der Waals surface area contributed by atoms with Crippen LogP contribution in [0.1, 0.15) is 16.7 Å². The highest BCUT2D eigenvalue weighted by Crippen LogP contribution is 2.27. The third-order valence-electron chi connectivity index (χ3n) is 4.68. The van der Waals surface area contributed by atoms with Crippen molar-refractivity contribution in [3.8, 4) is 17.6 Å². The van der Waals surface area contributed by atoms with E-state index in [0.717, 1.165) is 17.6 Å². The van der Waals surface area contributed by atoms with Crippen LogP contribution in [0.25, 0.3) is 6.08 Å². The maximum Gasteiger partial charge on any atom is 0.268 e. The summed E-state index contributed by atoms with van der Waals surface area (Å²) in [5.41, 5.74) is 2.59. The number of hydrogen-bond donors (Lipinski definition) is 1. The van der Waals surface area contributed by atoms with Gasteiger partial charge >= 0.3 is 0 Å². The number of carbonyl (C=O) groups excluding carboxylic acids is 1. The topological polar surface area (TPSA) is 131 Å². The highest BCUT2D eigenvalue weighted by molar-refractivity contribution is 7.90. The van der Waals surface area contributed by atoms with Crippen molar-refractivity contribution < 1.29 is 22.7 Å². The Morgan fingerprint density at radius 3 is 2.54 bits per heavy atom. The molecule has 0 aliphatic carbocycles. The van der Waals surface area contributed by atoms with E-state index in [1.165, 1.54) is 11.6 Å². The van der Waals surface area contributed by atoms with Crippen molar-refractivity contribution in [2.75, 3.05) is 24.8 Å². The number of nitrogens with zero attached hydrogens (tertiary/aromatic N) is 3. The first-order valence-corrected chi connectivity index (χ1v) is 13.2. The number of rotatable bonds is 9. The first-order chi connectivity index (χ1) is 16.6. The molecule has 0 unspecified atom stereocenters. The van der Waals surface area contributed by atoms with E-state index in [1.54, 1.807) is 24.3 Å². The molecule has 1 N–H and O–H groups in total. The predicted molar refractivity (Wildman–Crippen MR) is 134 cm³/mol. The Morgan fingerprint density at radius 2 is 1.91 bits per heavy atom. The van der Waals surface area contributed by atoms with E-state index in [2.05, 4.69) is 14.7 Å². The van der Waals surface area contributed by atoms with Crippen LogP contribution in [0.2, 0.25) is 5.02 Å². The highest BCUT2D eigenvalue weighted by atomic mass is 35.5. The maximum atomic E-state index is 12.4. The Hall–Kier alpha value is -3.46. The molecule has 182 valence electrons. The van der Waals surface area contributed by atoms with Gasteiger partial charge < -0.3 is 9.47 Å². The van der Waals surface area contributed by atoms with Gasteiger partial charge in [0.2, 0.25) is 15.0 Å². The molecular weight excluding hydrogens is 512 g/mol. The van der Waals surface area contributed by atoms with Gasteiger partial charge in [-0.25, -0.2) is 8.42 Å². The number of aryl methyl sites for hydroxylation is 2. The van der Waals surface area contributed by atoms with Gasteiger partial charge in [0.05, 0.1) is 5.02 Å². The van der Waals surface area contributed by atoms with Crippen LogP contribution in [-0.4, -0.2) is 43.2 Å². The van der Waals surface area contributed by atoms with E-state index in [9.17, 15) is 18.5 Å². The first kappa shape index (κ1) is 26.2. The molecule has 0 saturated carbocycles. The number of carbonyl (C=O) groups is 1. The van der Waals surface area contributed by atoms with Crippen LogP contribution in [-0.2, 0) is 14.6 Å². The zero-order chi connectivity index (χ0) is 25.6. The molecule has 0 saturated heterocycles. The van der Waals surface area contributed by atoms with Gasteiger partial charge in [0, 0.05) is 17.8 Å². The molecule has 1 aromatic heterocycles. The third kappa shape index (κ3) is 7.26. The molecule has 35 heavy (non-hydrogen) atoms. The summed E-state index contributed by atoms with van der Waals surface area (Å²) < 4.78 is 38.0. The third-order valence-corrected chi connectivity index (χ3v) is 6.57. The normalized spacial score (nSPS) is 11.6. The summed E-state index contributed by atoms with van der Waals surface area (Å²) in [6, 6.07) is 12.5. The van der Waals surface area contributed by atoms with Crippen molar-refractivity contribution in [1.29, 1.82) is 5.26 Å². The van der Waals surface area contributed by atoms with E-state index >= 15 is 0 Å².